The highest BCUT2D eigenvalue weighted by molar-refractivity contribution is 5.48. The molecule has 0 heterocycles. The average molecular weight is 392 g/mol. The van der Waals surface area contributed by atoms with E-state index in [1.807, 2.05) is 36.4 Å². The molecule has 0 atom stereocenters. The fourth-order valence-corrected chi connectivity index (χ4v) is 4.44. The van der Waals surface area contributed by atoms with Gasteiger partial charge in [0.2, 0.25) is 0 Å². The Labute approximate surface area is 177 Å². The van der Waals surface area contributed by atoms with Gasteiger partial charge in [0.25, 0.3) is 0 Å². The van der Waals surface area contributed by atoms with Crippen LogP contribution in [0.15, 0.2) is 84.9 Å². The summed E-state index contributed by atoms with van der Waals surface area (Å²) in [6.07, 6.45) is 2.72. The van der Waals surface area contributed by atoms with E-state index in [0.717, 1.165) is 44.5 Å². The highest BCUT2D eigenvalue weighted by Gasteiger charge is 2.13. The van der Waals surface area contributed by atoms with Crippen LogP contribution in [0.3, 0.4) is 0 Å². The summed E-state index contributed by atoms with van der Waals surface area (Å²) in [5, 5.41) is 21.9. The summed E-state index contributed by atoms with van der Waals surface area (Å²) in [7, 11) is 0. The molecule has 148 valence electrons. The van der Waals surface area contributed by atoms with E-state index in [2.05, 4.69) is 48.5 Å². The van der Waals surface area contributed by atoms with E-state index < -0.39 is 0 Å². The topological polar surface area (TPSA) is 40.5 Å². The first-order chi connectivity index (χ1) is 14.7. The Morgan fingerprint density at radius 2 is 0.667 bits per heavy atom. The highest BCUT2D eigenvalue weighted by atomic mass is 16.3. The third-order valence-electron chi connectivity index (χ3n) is 5.97. The molecule has 8 bridgehead atoms. The molecular weight excluding hydrogens is 368 g/mol. The van der Waals surface area contributed by atoms with Crippen LogP contribution in [-0.4, -0.2) is 10.2 Å². The quantitative estimate of drug-likeness (QED) is 0.351. The third-order valence-corrected chi connectivity index (χ3v) is 5.97. The lowest BCUT2D eigenvalue weighted by atomic mass is 9.93. The standard InChI is InChI=1S/C28H24O2/c29-27-23-9-3-11-25(27)17-21-7-2-8-22(14-21)18-26-12-4-10-24(28(26)30)16-20-6-1-5-19(13-20)15-23/h1-14,29-30H,15-18H2. The molecule has 0 aliphatic heterocycles. The molecule has 0 spiro atoms. The lowest BCUT2D eigenvalue weighted by Crippen LogP contribution is -1.99. The first-order valence-electron chi connectivity index (χ1n) is 10.4. The second-order valence-electron chi connectivity index (χ2n) is 8.20. The maximum absolute atomic E-state index is 10.9. The number of fused-ring (bicyclic) bond motifs is 8. The molecule has 4 aromatic rings. The van der Waals surface area contributed by atoms with Gasteiger partial charge in [0.05, 0.1) is 0 Å². The number of phenolic OH excluding ortho intramolecular Hbond substituents is 2. The Bertz CT molecular complexity index is 1050. The average Bonchev–Trinajstić information content (AvgIpc) is 2.74. The Morgan fingerprint density at radius 1 is 0.400 bits per heavy atom. The molecule has 30 heavy (non-hydrogen) atoms. The monoisotopic (exact) mass is 392 g/mol. The zero-order valence-electron chi connectivity index (χ0n) is 16.8. The van der Waals surface area contributed by atoms with Gasteiger partial charge < -0.3 is 10.2 Å². The van der Waals surface area contributed by atoms with Crippen LogP contribution in [0.5, 0.6) is 11.5 Å². The van der Waals surface area contributed by atoms with Gasteiger partial charge in [-0.15, -0.1) is 0 Å². The van der Waals surface area contributed by atoms with Crippen molar-refractivity contribution in [2.24, 2.45) is 0 Å². The van der Waals surface area contributed by atoms with E-state index in [4.69, 9.17) is 0 Å². The number of hydrogen-bond acceptors (Lipinski definition) is 2. The minimum Gasteiger partial charge on any atom is -0.507 e. The summed E-state index contributed by atoms with van der Waals surface area (Å²) >= 11 is 0. The van der Waals surface area contributed by atoms with Crippen LogP contribution in [0.2, 0.25) is 0 Å². The molecule has 0 fully saturated rings. The number of aromatic hydroxyl groups is 2. The number of benzene rings is 4. The maximum atomic E-state index is 10.9. The van der Waals surface area contributed by atoms with Gasteiger partial charge in [0, 0.05) is 25.7 Å². The summed E-state index contributed by atoms with van der Waals surface area (Å²) in [6.45, 7) is 0. The van der Waals surface area contributed by atoms with Gasteiger partial charge in [-0.25, -0.2) is 0 Å². The molecule has 2 heteroatoms. The first-order valence-corrected chi connectivity index (χ1v) is 10.4. The second kappa shape index (κ2) is 7.72. The normalized spacial score (nSPS) is 13.1. The van der Waals surface area contributed by atoms with Crippen molar-refractivity contribution in [2.45, 2.75) is 25.7 Å². The predicted molar refractivity (Wildman–Crippen MR) is 120 cm³/mol. The van der Waals surface area contributed by atoms with Crippen molar-refractivity contribution in [2.75, 3.05) is 0 Å². The van der Waals surface area contributed by atoms with E-state index >= 15 is 0 Å². The smallest absolute Gasteiger partial charge is 0.122 e. The Balaban J connectivity index is 1.65. The SMILES string of the molecule is Oc1c2cccc1Cc1cccc(c1)Cc1cccc(c1O)Cc1cccc(c1)C2. The molecule has 1 aliphatic carbocycles. The fraction of sp³-hybridized carbons (Fsp3) is 0.143. The Kier molecular flexibility index (Phi) is 4.76. The summed E-state index contributed by atoms with van der Waals surface area (Å²) < 4.78 is 0. The molecule has 2 N–H and O–H groups in total. The van der Waals surface area contributed by atoms with Crippen molar-refractivity contribution < 1.29 is 10.2 Å². The lowest BCUT2D eigenvalue weighted by molar-refractivity contribution is 0.463. The molecule has 0 aromatic heterocycles. The van der Waals surface area contributed by atoms with Gasteiger partial charge in [-0.3, -0.25) is 0 Å². The van der Waals surface area contributed by atoms with Gasteiger partial charge in [-0.05, 0) is 44.5 Å². The van der Waals surface area contributed by atoms with Crippen LogP contribution < -0.4 is 0 Å². The molecule has 0 unspecified atom stereocenters. The van der Waals surface area contributed by atoms with Crippen LogP contribution in [0, 0.1) is 0 Å². The van der Waals surface area contributed by atoms with Crippen LogP contribution >= 0.6 is 0 Å². The summed E-state index contributed by atoms with van der Waals surface area (Å²) in [5.41, 5.74) is 8.40. The molecule has 5 rings (SSSR count). The van der Waals surface area contributed by atoms with Crippen LogP contribution in [0.25, 0.3) is 0 Å². The fourth-order valence-electron chi connectivity index (χ4n) is 4.44. The van der Waals surface area contributed by atoms with Crippen LogP contribution in [0.4, 0.5) is 0 Å². The van der Waals surface area contributed by atoms with Crippen LogP contribution in [0.1, 0.15) is 44.5 Å². The highest BCUT2D eigenvalue weighted by Crippen LogP contribution is 2.30. The summed E-state index contributed by atoms with van der Waals surface area (Å²) in [6, 6.07) is 28.9. The van der Waals surface area contributed by atoms with E-state index in [9.17, 15) is 10.2 Å². The van der Waals surface area contributed by atoms with Gasteiger partial charge >= 0.3 is 0 Å². The van der Waals surface area contributed by atoms with Crippen molar-refractivity contribution >= 4 is 0 Å². The molecule has 0 radical (unpaired) electrons. The number of rotatable bonds is 0. The molecule has 0 amide bonds. The zero-order chi connectivity index (χ0) is 20.5. The summed E-state index contributed by atoms with van der Waals surface area (Å²) in [5.74, 6) is 0.784. The molecular formula is C28H24O2. The van der Waals surface area contributed by atoms with Crippen molar-refractivity contribution in [3.63, 3.8) is 0 Å². The van der Waals surface area contributed by atoms with Crippen molar-refractivity contribution in [3.8, 4) is 11.5 Å². The summed E-state index contributed by atoms with van der Waals surface area (Å²) in [4.78, 5) is 0. The predicted octanol–water partition coefficient (Wildman–Crippen LogP) is 5.77. The van der Waals surface area contributed by atoms with Gasteiger partial charge in [0.1, 0.15) is 11.5 Å². The molecule has 1 aliphatic rings. The molecule has 2 nitrogen and oxygen atoms in total. The number of para-hydroxylation sites is 2. The van der Waals surface area contributed by atoms with E-state index in [1.165, 1.54) is 0 Å². The van der Waals surface area contributed by atoms with Crippen molar-refractivity contribution in [1.29, 1.82) is 0 Å². The van der Waals surface area contributed by atoms with Crippen molar-refractivity contribution in [3.05, 3.63) is 129 Å². The maximum Gasteiger partial charge on any atom is 0.122 e. The van der Waals surface area contributed by atoms with Crippen LogP contribution in [-0.2, 0) is 25.7 Å². The zero-order valence-corrected chi connectivity index (χ0v) is 16.8. The first kappa shape index (κ1) is 18.5. The molecule has 4 aromatic carbocycles. The van der Waals surface area contributed by atoms with Gasteiger partial charge in [0.15, 0.2) is 0 Å². The van der Waals surface area contributed by atoms with Gasteiger partial charge in [-0.1, -0.05) is 84.9 Å². The Hall–Kier alpha value is -3.52. The minimum atomic E-state index is 0.392. The van der Waals surface area contributed by atoms with E-state index in [1.54, 1.807) is 0 Å². The minimum absolute atomic E-state index is 0.392. The molecule has 0 saturated heterocycles. The van der Waals surface area contributed by atoms with E-state index in [0.29, 0.717) is 37.2 Å². The van der Waals surface area contributed by atoms with Crippen molar-refractivity contribution in [1.82, 2.24) is 0 Å². The number of phenols is 2. The third kappa shape index (κ3) is 3.69. The van der Waals surface area contributed by atoms with E-state index in [-0.39, 0.29) is 0 Å². The Morgan fingerprint density at radius 3 is 0.967 bits per heavy atom. The molecule has 0 saturated carbocycles. The van der Waals surface area contributed by atoms with Gasteiger partial charge in [-0.2, -0.15) is 0 Å². The largest absolute Gasteiger partial charge is 0.507 e. The second-order valence-corrected chi connectivity index (χ2v) is 8.20. The lowest BCUT2D eigenvalue weighted by Gasteiger charge is -2.14. The number of hydrogen-bond donors (Lipinski definition) is 2.